The van der Waals surface area contributed by atoms with Gasteiger partial charge in [-0.3, -0.25) is 4.79 Å². The number of hydrogen-bond donors (Lipinski definition) is 1. The van der Waals surface area contributed by atoms with Gasteiger partial charge in [-0.2, -0.15) is 0 Å². The second kappa shape index (κ2) is 9.24. The van der Waals surface area contributed by atoms with Crippen molar-refractivity contribution in [1.82, 2.24) is 0 Å². The molecule has 28 heavy (non-hydrogen) atoms. The van der Waals surface area contributed by atoms with Crippen molar-refractivity contribution in [3.8, 4) is 5.75 Å². The minimum atomic E-state index is -0.362. The first-order chi connectivity index (χ1) is 13.5. The fourth-order valence-electron chi connectivity index (χ4n) is 3.27. The summed E-state index contributed by atoms with van der Waals surface area (Å²) in [4.78, 5) is 26.6. The van der Waals surface area contributed by atoms with Gasteiger partial charge in [0, 0.05) is 4.88 Å². The maximum Gasteiger partial charge on any atom is 0.341 e. The number of aryl methyl sites for hydroxylation is 1. The van der Waals surface area contributed by atoms with Gasteiger partial charge >= 0.3 is 5.97 Å². The van der Waals surface area contributed by atoms with Crippen LogP contribution in [0.2, 0.25) is 0 Å². The van der Waals surface area contributed by atoms with E-state index in [4.69, 9.17) is 9.47 Å². The molecule has 1 N–H and O–H groups in total. The third-order valence-corrected chi connectivity index (χ3v) is 5.92. The van der Waals surface area contributed by atoms with Crippen molar-refractivity contribution in [2.75, 3.05) is 18.5 Å². The predicted molar refractivity (Wildman–Crippen MR) is 112 cm³/mol. The molecule has 3 rings (SSSR count). The lowest BCUT2D eigenvalue weighted by Crippen LogP contribution is -2.16. The van der Waals surface area contributed by atoms with E-state index in [1.165, 1.54) is 16.2 Å². The Kier molecular flexibility index (Phi) is 6.73. The van der Waals surface area contributed by atoms with Crippen LogP contribution in [0, 0.1) is 5.92 Å². The maximum absolute atomic E-state index is 13.0. The molecular formula is C22H27NO4S. The third-order valence-electron chi connectivity index (χ3n) is 4.71. The number of amides is 1. The van der Waals surface area contributed by atoms with Crippen molar-refractivity contribution < 1.29 is 19.1 Å². The number of esters is 1. The van der Waals surface area contributed by atoms with Gasteiger partial charge in [0.05, 0.1) is 24.3 Å². The second-order valence-corrected chi connectivity index (χ2v) is 8.37. The van der Waals surface area contributed by atoms with E-state index in [2.05, 4.69) is 19.2 Å². The van der Waals surface area contributed by atoms with Gasteiger partial charge in [-0.05, 0) is 56.2 Å². The van der Waals surface area contributed by atoms with Gasteiger partial charge in [0.15, 0.2) is 0 Å². The van der Waals surface area contributed by atoms with E-state index >= 15 is 0 Å². The van der Waals surface area contributed by atoms with Crippen molar-refractivity contribution in [3.05, 3.63) is 45.8 Å². The second-order valence-electron chi connectivity index (χ2n) is 7.26. The van der Waals surface area contributed by atoms with E-state index in [0.29, 0.717) is 41.0 Å². The predicted octanol–water partition coefficient (Wildman–Crippen LogP) is 5.09. The summed E-state index contributed by atoms with van der Waals surface area (Å²) in [5.74, 6) is 0.452. The lowest BCUT2D eigenvalue weighted by Gasteiger charge is -2.13. The molecule has 1 aromatic carbocycles. The van der Waals surface area contributed by atoms with Crippen LogP contribution in [0.15, 0.2) is 24.3 Å². The molecule has 1 aliphatic rings. The molecule has 0 bridgehead atoms. The standard InChI is InChI=1S/C22H27NO4S/c1-4-26-22(25)19-16-9-7-11-18(16)28-21(19)23-20(24)15-8-5-6-10-17(15)27-13-12-14(2)3/h5-6,8,10,14H,4,7,9,11-13H2,1-3H3,(H,23,24). The fourth-order valence-corrected chi connectivity index (χ4v) is 4.54. The highest BCUT2D eigenvalue weighted by atomic mass is 32.1. The molecule has 0 atom stereocenters. The van der Waals surface area contributed by atoms with E-state index in [0.717, 1.165) is 31.2 Å². The molecule has 0 spiro atoms. The molecule has 0 radical (unpaired) electrons. The molecule has 0 saturated carbocycles. The molecule has 1 heterocycles. The number of carbonyl (C=O) groups is 2. The van der Waals surface area contributed by atoms with Crippen molar-refractivity contribution in [2.45, 2.75) is 46.5 Å². The minimum Gasteiger partial charge on any atom is -0.493 e. The Hall–Kier alpha value is -2.34. The van der Waals surface area contributed by atoms with Crippen LogP contribution in [0.3, 0.4) is 0 Å². The highest BCUT2D eigenvalue weighted by molar-refractivity contribution is 7.17. The molecule has 150 valence electrons. The van der Waals surface area contributed by atoms with Crippen LogP contribution in [0.5, 0.6) is 5.75 Å². The molecule has 2 aromatic rings. The number of para-hydroxylation sites is 1. The molecule has 1 amide bonds. The van der Waals surface area contributed by atoms with Crippen LogP contribution in [0.25, 0.3) is 0 Å². The first kappa shape index (κ1) is 20.4. The molecule has 0 saturated heterocycles. The van der Waals surface area contributed by atoms with Gasteiger partial charge < -0.3 is 14.8 Å². The van der Waals surface area contributed by atoms with Crippen LogP contribution in [-0.2, 0) is 17.6 Å². The summed E-state index contributed by atoms with van der Waals surface area (Å²) in [6.45, 7) is 6.92. The molecule has 1 aromatic heterocycles. The Morgan fingerprint density at radius 2 is 2.00 bits per heavy atom. The minimum absolute atomic E-state index is 0.273. The Balaban J connectivity index is 1.82. The topological polar surface area (TPSA) is 64.6 Å². The van der Waals surface area contributed by atoms with Crippen LogP contribution in [-0.4, -0.2) is 25.1 Å². The van der Waals surface area contributed by atoms with E-state index < -0.39 is 0 Å². The summed E-state index contributed by atoms with van der Waals surface area (Å²) in [6, 6.07) is 7.21. The zero-order valence-corrected chi connectivity index (χ0v) is 17.5. The molecule has 1 aliphatic carbocycles. The summed E-state index contributed by atoms with van der Waals surface area (Å²) in [5, 5.41) is 3.51. The number of hydrogen-bond acceptors (Lipinski definition) is 5. The van der Waals surface area contributed by atoms with Gasteiger partial charge in [-0.1, -0.05) is 26.0 Å². The Bertz CT molecular complexity index is 856. The fraction of sp³-hybridized carbons (Fsp3) is 0.455. The summed E-state index contributed by atoms with van der Waals surface area (Å²) in [5.41, 5.74) is 2.01. The average molecular weight is 402 g/mol. The van der Waals surface area contributed by atoms with Crippen LogP contribution in [0.4, 0.5) is 5.00 Å². The summed E-state index contributed by atoms with van der Waals surface area (Å²) >= 11 is 1.48. The van der Waals surface area contributed by atoms with E-state index in [-0.39, 0.29) is 11.9 Å². The van der Waals surface area contributed by atoms with Gasteiger partial charge in [0.2, 0.25) is 0 Å². The molecule has 0 fully saturated rings. The van der Waals surface area contributed by atoms with Crippen molar-refractivity contribution in [1.29, 1.82) is 0 Å². The maximum atomic E-state index is 13.0. The van der Waals surface area contributed by atoms with Gasteiger partial charge in [-0.15, -0.1) is 11.3 Å². The number of nitrogens with one attached hydrogen (secondary N) is 1. The Morgan fingerprint density at radius 1 is 1.21 bits per heavy atom. The smallest absolute Gasteiger partial charge is 0.341 e. The van der Waals surface area contributed by atoms with Crippen molar-refractivity contribution in [3.63, 3.8) is 0 Å². The SMILES string of the molecule is CCOC(=O)c1c(NC(=O)c2ccccc2OCCC(C)C)sc2c1CCC2. The van der Waals surface area contributed by atoms with Crippen molar-refractivity contribution in [2.24, 2.45) is 5.92 Å². The zero-order valence-electron chi connectivity index (χ0n) is 16.7. The summed E-state index contributed by atoms with van der Waals surface area (Å²) in [7, 11) is 0. The van der Waals surface area contributed by atoms with E-state index in [1.807, 2.05) is 12.1 Å². The number of fused-ring (bicyclic) bond motifs is 1. The highest BCUT2D eigenvalue weighted by Crippen LogP contribution is 2.40. The van der Waals surface area contributed by atoms with Crippen molar-refractivity contribution >= 4 is 28.2 Å². The number of anilines is 1. The summed E-state index contributed by atoms with van der Waals surface area (Å²) < 4.78 is 11.1. The zero-order chi connectivity index (χ0) is 20.1. The Labute approximate surface area is 170 Å². The van der Waals surface area contributed by atoms with Gasteiger partial charge in [0.25, 0.3) is 5.91 Å². The number of ether oxygens (including phenoxy) is 2. The van der Waals surface area contributed by atoms with Gasteiger partial charge in [-0.25, -0.2) is 4.79 Å². The van der Waals surface area contributed by atoms with E-state index in [1.54, 1.807) is 19.1 Å². The molecule has 5 nitrogen and oxygen atoms in total. The first-order valence-electron chi connectivity index (χ1n) is 9.86. The number of benzene rings is 1. The monoisotopic (exact) mass is 401 g/mol. The van der Waals surface area contributed by atoms with Crippen LogP contribution < -0.4 is 10.1 Å². The van der Waals surface area contributed by atoms with E-state index in [9.17, 15) is 9.59 Å². The highest BCUT2D eigenvalue weighted by Gasteiger charge is 2.28. The number of rotatable bonds is 8. The number of carbonyl (C=O) groups excluding carboxylic acids is 2. The largest absolute Gasteiger partial charge is 0.493 e. The lowest BCUT2D eigenvalue weighted by atomic mass is 10.1. The molecule has 0 aliphatic heterocycles. The third kappa shape index (κ3) is 4.55. The molecule has 6 heteroatoms. The lowest BCUT2D eigenvalue weighted by molar-refractivity contribution is 0.0527. The Morgan fingerprint density at radius 3 is 2.75 bits per heavy atom. The molecular weight excluding hydrogens is 374 g/mol. The molecule has 0 unspecified atom stereocenters. The average Bonchev–Trinajstić information content (AvgIpc) is 3.22. The normalized spacial score (nSPS) is 12.7. The quantitative estimate of drug-likeness (QED) is 0.626. The van der Waals surface area contributed by atoms with Crippen LogP contribution >= 0.6 is 11.3 Å². The number of thiophene rings is 1. The van der Waals surface area contributed by atoms with Crippen LogP contribution in [0.1, 0.15) is 64.8 Å². The van der Waals surface area contributed by atoms with Gasteiger partial charge in [0.1, 0.15) is 10.8 Å². The summed E-state index contributed by atoms with van der Waals surface area (Å²) in [6.07, 6.45) is 3.75. The first-order valence-corrected chi connectivity index (χ1v) is 10.7.